The van der Waals surface area contributed by atoms with Gasteiger partial charge in [-0.05, 0) is 13.3 Å². The van der Waals surface area contributed by atoms with Crippen LogP contribution in [0.5, 0.6) is 5.88 Å². The highest BCUT2D eigenvalue weighted by atomic mass is 32.2. The van der Waals surface area contributed by atoms with Gasteiger partial charge in [0.1, 0.15) is 0 Å². The Kier molecular flexibility index (Phi) is 3.51. The third-order valence-corrected chi connectivity index (χ3v) is 4.00. The van der Waals surface area contributed by atoms with Crippen LogP contribution in [0.4, 0.5) is 18.0 Å². The number of alkyl halides is 3. The zero-order chi connectivity index (χ0) is 16.0. The zero-order valence-electron chi connectivity index (χ0n) is 10.5. The van der Waals surface area contributed by atoms with Gasteiger partial charge in [0.05, 0.1) is 11.7 Å². The summed E-state index contributed by atoms with van der Waals surface area (Å²) < 4.78 is 62.7. The molecule has 1 aromatic rings. The number of aromatic nitrogens is 2. The molecule has 0 saturated heterocycles. The van der Waals surface area contributed by atoms with E-state index < -0.39 is 33.6 Å². The molecule has 0 spiro atoms. The number of H-pyrrole nitrogens is 1. The summed E-state index contributed by atoms with van der Waals surface area (Å²) in [4.78, 5) is 12.0. The Morgan fingerprint density at radius 3 is 2.67 bits per heavy atom. The fourth-order valence-electron chi connectivity index (χ4n) is 2.01. The van der Waals surface area contributed by atoms with Crippen LogP contribution in [-0.4, -0.2) is 46.8 Å². The van der Waals surface area contributed by atoms with Crippen molar-refractivity contribution in [3.05, 3.63) is 11.3 Å². The molecule has 0 aliphatic carbocycles. The molecule has 8 nitrogen and oxygen atoms in total. The third kappa shape index (κ3) is 2.62. The van der Waals surface area contributed by atoms with Crippen LogP contribution in [-0.2, 0) is 16.5 Å². The van der Waals surface area contributed by atoms with Crippen molar-refractivity contribution in [1.82, 2.24) is 15.1 Å². The molecular weight excluding hydrogens is 319 g/mol. The predicted molar refractivity (Wildman–Crippen MR) is 61.0 cm³/mol. The summed E-state index contributed by atoms with van der Waals surface area (Å²) in [5.41, 5.74) is -5.30. The van der Waals surface area contributed by atoms with E-state index in [1.807, 2.05) is 0 Å². The summed E-state index contributed by atoms with van der Waals surface area (Å²) in [6.07, 6.45) is -1.22. The van der Waals surface area contributed by atoms with Gasteiger partial charge in [0.25, 0.3) is 0 Å². The first-order valence-electron chi connectivity index (χ1n) is 5.62. The molecule has 0 aromatic carbocycles. The van der Waals surface area contributed by atoms with Gasteiger partial charge in [0, 0.05) is 12.1 Å². The Hall–Kier alpha value is -1.98. The number of hydrogen-bond acceptors (Lipinski definition) is 5. The number of carboxylic acid groups (broad SMARTS) is 1. The molecule has 2 rings (SSSR count). The highest BCUT2D eigenvalue weighted by molar-refractivity contribution is 7.87. The number of carbonyl (C=O) groups is 1. The number of fused-ring (bicyclic) bond motifs is 1. The lowest BCUT2D eigenvalue weighted by Gasteiger charge is -2.29. The molecule has 0 radical (unpaired) electrons. The van der Waals surface area contributed by atoms with Crippen LogP contribution < -0.4 is 4.18 Å². The van der Waals surface area contributed by atoms with Crippen LogP contribution in [0.25, 0.3) is 0 Å². The van der Waals surface area contributed by atoms with E-state index in [0.29, 0.717) is 0 Å². The lowest BCUT2D eigenvalue weighted by molar-refractivity contribution is -0.0501. The highest BCUT2D eigenvalue weighted by Crippen LogP contribution is 2.35. The normalized spacial score (nSPS) is 19.2. The van der Waals surface area contributed by atoms with E-state index >= 15 is 0 Å². The van der Waals surface area contributed by atoms with Crippen molar-refractivity contribution < 1.29 is 35.7 Å². The van der Waals surface area contributed by atoms with Crippen molar-refractivity contribution >= 4 is 16.2 Å². The minimum Gasteiger partial charge on any atom is -0.465 e. The Labute approximate surface area is 116 Å². The summed E-state index contributed by atoms with van der Waals surface area (Å²) in [7, 11) is -5.80. The van der Waals surface area contributed by atoms with Gasteiger partial charge in [-0.3, -0.25) is 4.90 Å². The van der Waals surface area contributed by atoms with Gasteiger partial charge in [0.2, 0.25) is 5.88 Å². The summed E-state index contributed by atoms with van der Waals surface area (Å²) in [5, 5.41) is 14.7. The fourth-order valence-corrected chi connectivity index (χ4v) is 2.46. The molecule has 12 heteroatoms. The lowest BCUT2D eigenvalue weighted by Crippen LogP contribution is -2.38. The average Bonchev–Trinajstić information content (AvgIpc) is 2.71. The summed E-state index contributed by atoms with van der Waals surface area (Å²) in [6, 6.07) is -0.728. The number of amides is 1. The van der Waals surface area contributed by atoms with Crippen molar-refractivity contribution in [2.45, 2.75) is 24.9 Å². The van der Waals surface area contributed by atoms with Gasteiger partial charge in [-0.1, -0.05) is 0 Å². The average molecular weight is 329 g/mol. The highest BCUT2D eigenvalue weighted by Gasteiger charge is 2.49. The topological polar surface area (TPSA) is 113 Å². The Bertz CT molecular complexity index is 669. The lowest BCUT2D eigenvalue weighted by atomic mass is 10.0. The van der Waals surface area contributed by atoms with Crippen LogP contribution in [0.1, 0.15) is 24.2 Å². The quantitative estimate of drug-likeness (QED) is 0.623. The number of halogens is 3. The van der Waals surface area contributed by atoms with Gasteiger partial charge >= 0.3 is 21.7 Å². The number of nitrogens with zero attached hydrogens (tertiary/aromatic N) is 2. The number of nitrogens with one attached hydrogen (secondary N) is 1. The number of hydrogen-bond donors (Lipinski definition) is 2. The van der Waals surface area contributed by atoms with Gasteiger partial charge in [-0.15, -0.1) is 0 Å². The molecule has 1 amide bonds. The molecule has 2 heterocycles. The van der Waals surface area contributed by atoms with Gasteiger partial charge in [0.15, 0.2) is 0 Å². The van der Waals surface area contributed by atoms with Gasteiger partial charge < -0.3 is 9.29 Å². The number of rotatable bonds is 2. The van der Waals surface area contributed by atoms with E-state index in [9.17, 15) is 26.4 Å². The van der Waals surface area contributed by atoms with Crippen molar-refractivity contribution in [1.29, 1.82) is 0 Å². The maximum absolute atomic E-state index is 12.3. The van der Waals surface area contributed by atoms with Crippen LogP contribution in [0.15, 0.2) is 0 Å². The van der Waals surface area contributed by atoms with E-state index in [1.54, 1.807) is 0 Å². The van der Waals surface area contributed by atoms with E-state index in [2.05, 4.69) is 14.4 Å². The summed E-state index contributed by atoms with van der Waals surface area (Å²) >= 11 is 0. The zero-order valence-corrected chi connectivity index (χ0v) is 11.3. The largest absolute Gasteiger partial charge is 0.534 e. The van der Waals surface area contributed by atoms with Crippen molar-refractivity contribution in [3.8, 4) is 5.88 Å². The first kappa shape index (κ1) is 15.4. The first-order chi connectivity index (χ1) is 9.54. The standard InChI is InChI=1S/C9H10F3N3O5S/c1-4-6-5(2-3-15(4)8(16)17)7(14-13-6)20-21(18,19)9(10,11)12/h4H,2-3H2,1H3,(H,13,14)(H,16,17)/t4-/m0/s1. The molecule has 21 heavy (non-hydrogen) atoms. The van der Waals surface area contributed by atoms with E-state index in [1.165, 1.54) is 6.92 Å². The molecule has 1 aliphatic rings. The SMILES string of the molecule is C[C@H]1c2n[nH]c(OS(=O)(=O)C(F)(F)F)c2CCN1C(=O)O. The van der Waals surface area contributed by atoms with Crippen molar-refractivity contribution in [2.75, 3.05) is 6.54 Å². The van der Waals surface area contributed by atoms with Crippen LogP contribution >= 0.6 is 0 Å². The third-order valence-electron chi connectivity index (χ3n) is 3.05. The molecule has 118 valence electrons. The molecule has 0 saturated carbocycles. The molecule has 1 aromatic heterocycles. The first-order valence-corrected chi connectivity index (χ1v) is 7.03. The predicted octanol–water partition coefficient (Wildman–Crippen LogP) is 1.24. The molecule has 1 aliphatic heterocycles. The van der Waals surface area contributed by atoms with E-state index in [0.717, 1.165) is 4.90 Å². The van der Waals surface area contributed by atoms with Crippen LogP contribution in [0.3, 0.4) is 0 Å². The Balaban J connectivity index is 2.33. The van der Waals surface area contributed by atoms with Crippen molar-refractivity contribution in [3.63, 3.8) is 0 Å². The maximum Gasteiger partial charge on any atom is 0.534 e. The molecular formula is C9H10F3N3O5S. The fraction of sp³-hybridized carbons (Fsp3) is 0.556. The number of aromatic amines is 1. The van der Waals surface area contributed by atoms with Crippen LogP contribution in [0, 0.1) is 0 Å². The monoisotopic (exact) mass is 329 g/mol. The maximum atomic E-state index is 12.3. The summed E-state index contributed by atoms with van der Waals surface area (Å²) in [6.45, 7) is 1.47. The van der Waals surface area contributed by atoms with Crippen LogP contribution in [0.2, 0.25) is 0 Å². The molecule has 1 atom stereocenters. The minimum absolute atomic E-state index is 0.00847. The smallest absolute Gasteiger partial charge is 0.465 e. The Morgan fingerprint density at radius 2 is 2.14 bits per heavy atom. The van der Waals surface area contributed by atoms with Gasteiger partial charge in [-0.2, -0.15) is 26.7 Å². The second-order valence-corrected chi connectivity index (χ2v) is 5.84. The van der Waals surface area contributed by atoms with Crippen molar-refractivity contribution in [2.24, 2.45) is 0 Å². The van der Waals surface area contributed by atoms with E-state index in [-0.39, 0.29) is 24.2 Å². The molecule has 0 bridgehead atoms. The molecule has 0 unspecified atom stereocenters. The molecule has 2 N–H and O–H groups in total. The Morgan fingerprint density at radius 1 is 1.52 bits per heavy atom. The van der Waals surface area contributed by atoms with Gasteiger partial charge in [-0.25, -0.2) is 9.89 Å². The summed E-state index contributed by atoms with van der Waals surface area (Å²) in [5.74, 6) is -0.640. The minimum atomic E-state index is -5.80. The second kappa shape index (κ2) is 4.79. The van der Waals surface area contributed by atoms with E-state index in [4.69, 9.17) is 5.11 Å². The molecule has 0 fully saturated rings. The second-order valence-electron chi connectivity index (χ2n) is 4.30.